The number of hydrogen-bond donors (Lipinski definition) is 1. The molecule has 1 rings (SSSR count). The van der Waals surface area contributed by atoms with Crippen LogP contribution in [0.25, 0.3) is 0 Å². The second-order valence-electron chi connectivity index (χ2n) is 6.73. The number of piperazine rings is 1. The topological polar surface area (TPSA) is 49.4 Å². The van der Waals surface area contributed by atoms with E-state index in [1.807, 2.05) is 34.6 Å². The maximum absolute atomic E-state index is 12.7. The largest absolute Gasteiger partial charge is 0.342 e. The predicted octanol–water partition coefficient (Wildman–Crippen LogP) is 2.14. The van der Waals surface area contributed by atoms with Crippen molar-refractivity contribution in [2.24, 2.45) is 11.3 Å². The third kappa shape index (κ3) is 3.90. The summed E-state index contributed by atoms with van der Waals surface area (Å²) in [7, 11) is 0. The fourth-order valence-electron chi connectivity index (χ4n) is 2.60. The van der Waals surface area contributed by atoms with Gasteiger partial charge in [0.15, 0.2) is 0 Å². The molecular weight excluding hydrogens is 272 g/mol. The third-order valence-corrected chi connectivity index (χ3v) is 4.45. The number of nitrogens with one attached hydrogen (secondary N) is 1. The van der Waals surface area contributed by atoms with Crippen molar-refractivity contribution in [3.8, 4) is 0 Å². The Hall–Kier alpha value is -0.710. The molecule has 5 heteroatoms. The van der Waals surface area contributed by atoms with Gasteiger partial charge in [-0.1, -0.05) is 41.5 Å². The molecule has 1 aliphatic heterocycles. The van der Waals surface area contributed by atoms with Crippen molar-refractivity contribution in [1.29, 1.82) is 0 Å². The van der Waals surface area contributed by atoms with E-state index < -0.39 is 0 Å². The van der Waals surface area contributed by atoms with Crippen LogP contribution in [0.1, 0.15) is 41.5 Å². The normalized spacial score (nSPS) is 24.2. The standard InChI is InChI=1S/C15H28N2O2S/c1-7-20-9-8-17-12(15(4,5)6)13(18)16-11(10(2)3)14(17)19/h10-12H,7-9H2,1-6H3,(H,16,18). The van der Waals surface area contributed by atoms with Gasteiger partial charge in [0.1, 0.15) is 12.1 Å². The Kier molecular flexibility index (Phi) is 5.92. The SMILES string of the molecule is CCSCCN1C(=O)C(C(C)C)NC(=O)C1C(C)(C)C. The first kappa shape index (κ1) is 17.3. The average Bonchev–Trinajstić information content (AvgIpc) is 2.31. The number of nitrogens with zero attached hydrogens (tertiary/aromatic N) is 1. The van der Waals surface area contributed by atoms with E-state index in [1.54, 1.807) is 16.7 Å². The Morgan fingerprint density at radius 2 is 1.90 bits per heavy atom. The molecule has 0 aromatic rings. The summed E-state index contributed by atoms with van der Waals surface area (Å²) in [6.07, 6.45) is 0. The highest BCUT2D eigenvalue weighted by Gasteiger charge is 2.46. The molecule has 116 valence electrons. The number of rotatable bonds is 5. The molecule has 0 aliphatic carbocycles. The summed E-state index contributed by atoms with van der Waals surface area (Å²) in [6, 6.07) is -0.754. The number of thioether (sulfide) groups is 1. The van der Waals surface area contributed by atoms with Crippen LogP contribution in [0.4, 0.5) is 0 Å². The average molecular weight is 300 g/mol. The lowest BCUT2D eigenvalue weighted by molar-refractivity contribution is -0.154. The zero-order chi connectivity index (χ0) is 15.5. The zero-order valence-electron chi connectivity index (χ0n) is 13.5. The molecule has 2 atom stereocenters. The van der Waals surface area contributed by atoms with Gasteiger partial charge in [-0.15, -0.1) is 0 Å². The van der Waals surface area contributed by atoms with Crippen molar-refractivity contribution in [2.45, 2.75) is 53.6 Å². The quantitative estimate of drug-likeness (QED) is 0.791. The van der Waals surface area contributed by atoms with Gasteiger partial charge < -0.3 is 10.2 Å². The van der Waals surface area contributed by atoms with E-state index in [4.69, 9.17) is 0 Å². The van der Waals surface area contributed by atoms with Gasteiger partial charge in [-0.3, -0.25) is 9.59 Å². The molecule has 1 N–H and O–H groups in total. The number of carbonyl (C=O) groups excluding carboxylic acids is 2. The minimum absolute atomic E-state index is 0.0164. The minimum Gasteiger partial charge on any atom is -0.342 e. The first-order chi connectivity index (χ1) is 9.20. The molecule has 0 radical (unpaired) electrons. The Balaban J connectivity index is 2.97. The molecule has 0 spiro atoms. The van der Waals surface area contributed by atoms with Crippen molar-refractivity contribution >= 4 is 23.6 Å². The van der Waals surface area contributed by atoms with Gasteiger partial charge in [0, 0.05) is 12.3 Å². The molecule has 2 unspecified atom stereocenters. The molecule has 4 nitrogen and oxygen atoms in total. The summed E-state index contributed by atoms with van der Waals surface area (Å²) < 4.78 is 0. The first-order valence-electron chi connectivity index (χ1n) is 7.38. The summed E-state index contributed by atoms with van der Waals surface area (Å²) in [5, 5.41) is 2.91. The molecule has 20 heavy (non-hydrogen) atoms. The van der Waals surface area contributed by atoms with Crippen molar-refractivity contribution < 1.29 is 9.59 Å². The Morgan fingerprint density at radius 1 is 1.30 bits per heavy atom. The predicted molar refractivity (Wildman–Crippen MR) is 84.7 cm³/mol. The summed E-state index contributed by atoms with van der Waals surface area (Å²) in [6.45, 7) is 12.7. The molecule has 0 aromatic carbocycles. The maximum Gasteiger partial charge on any atom is 0.246 e. The molecular formula is C15H28N2O2S. The Labute approximate surface area is 127 Å². The Morgan fingerprint density at radius 3 is 2.35 bits per heavy atom. The van der Waals surface area contributed by atoms with E-state index in [9.17, 15) is 9.59 Å². The molecule has 1 saturated heterocycles. The van der Waals surface area contributed by atoms with Gasteiger partial charge in [-0.25, -0.2) is 0 Å². The zero-order valence-corrected chi connectivity index (χ0v) is 14.3. The van der Waals surface area contributed by atoms with Crippen molar-refractivity contribution in [1.82, 2.24) is 10.2 Å². The number of amides is 2. The molecule has 0 saturated carbocycles. The van der Waals surface area contributed by atoms with E-state index in [0.717, 1.165) is 11.5 Å². The van der Waals surface area contributed by atoms with Crippen LogP contribution >= 0.6 is 11.8 Å². The molecule has 1 fully saturated rings. The van der Waals surface area contributed by atoms with Crippen LogP contribution in [0, 0.1) is 11.3 Å². The van der Waals surface area contributed by atoms with Crippen molar-refractivity contribution in [3.63, 3.8) is 0 Å². The van der Waals surface area contributed by atoms with Gasteiger partial charge in [0.25, 0.3) is 0 Å². The van der Waals surface area contributed by atoms with Crippen molar-refractivity contribution in [2.75, 3.05) is 18.1 Å². The second-order valence-corrected chi connectivity index (χ2v) is 8.12. The number of carbonyl (C=O) groups is 2. The molecule has 2 amide bonds. The number of hydrogen-bond acceptors (Lipinski definition) is 3. The molecule has 0 aromatic heterocycles. The summed E-state index contributed by atoms with van der Waals surface area (Å²) in [5.74, 6) is 2.08. The fraction of sp³-hybridized carbons (Fsp3) is 0.867. The lowest BCUT2D eigenvalue weighted by Gasteiger charge is -2.45. The van der Waals surface area contributed by atoms with Crippen LogP contribution < -0.4 is 5.32 Å². The van der Waals surface area contributed by atoms with E-state index in [0.29, 0.717) is 6.54 Å². The van der Waals surface area contributed by atoms with Crippen molar-refractivity contribution in [3.05, 3.63) is 0 Å². The smallest absolute Gasteiger partial charge is 0.246 e. The molecule has 0 bridgehead atoms. The van der Waals surface area contributed by atoms with E-state index in [1.165, 1.54) is 0 Å². The van der Waals surface area contributed by atoms with Crippen LogP contribution in [-0.2, 0) is 9.59 Å². The van der Waals surface area contributed by atoms with E-state index >= 15 is 0 Å². The highest BCUT2D eigenvalue weighted by atomic mass is 32.2. The minimum atomic E-state index is -0.382. The van der Waals surface area contributed by atoms with Gasteiger partial charge in [-0.2, -0.15) is 11.8 Å². The maximum atomic E-state index is 12.7. The van der Waals surface area contributed by atoms with Gasteiger partial charge in [0.2, 0.25) is 11.8 Å². The fourth-order valence-corrected chi connectivity index (χ4v) is 3.21. The monoisotopic (exact) mass is 300 g/mol. The van der Waals surface area contributed by atoms with Gasteiger partial charge in [-0.05, 0) is 17.1 Å². The summed E-state index contributed by atoms with van der Waals surface area (Å²) in [4.78, 5) is 26.9. The summed E-state index contributed by atoms with van der Waals surface area (Å²) >= 11 is 1.80. The van der Waals surface area contributed by atoms with Gasteiger partial charge in [0.05, 0.1) is 0 Å². The highest BCUT2D eigenvalue weighted by Crippen LogP contribution is 2.29. The lowest BCUT2D eigenvalue weighted by atomic mass is 9.82. The highest BCUT2D eigenvalue weighted by molar-refractivity contribution is 7.99. The molecule has 1 aliphatic rings. The van der Waals surface area contributed by atoms with Crippen LogP contribution in [0.15, 0.2) is 0 Å². The molecule has 1 heterocycles. The van der Waals surface area contributed by atoms with Crippen LogP contribution in [0.5, 0.6) is 0 Å². The lowest BCUT2D eigenvalue weighted by Crippen LogP contribution is -2.68. The third-order valence-electron chi connectivity index (χ3n) is 3.57. The van der Waals surface area contributed by atoms with Crippen LogP contribution in [0.2, 0.25) is 0 Å². The second kappa shape index (κ2) is 6.83. The van der Waals surface area contributed by atoms with Gasteiger partial charge >= 0.3 is 0 Å². The van der Waals surface area contributed by atoms with Crippen LogP contribution in [-0.4, -0.2) is 46.8 Å². The van der Waals surface area contributed by atoms with E-state index in [2.05, 4.69) is 12.2 Å². The summed E-state index contributed by atoms with van der Waals surface area (Å²) in [5.41, 5.74) is -0.251. The van der Waals surface area contributed by atoms with E-state index in [-0.39, 0.29) is 35.2 Å². The first-order valence-corrected chi connectivity index (χ1v) is 8.54. The van der Waals surface area contributed by atoms with Crippen LogP contribution in [0.3, 0.4) is 0 Å². The Bertz CT molecular complexity index is 363.